The highest BCUT2D eigenvalue weighted by atomic mass is 16.5. The van der Waals surface area contributed by atoms with Crippen molar-refractivity contribution in [2.24, 2.45) is 5.84 Å². The summed E-state index contributed by atoms with van der Waals surface area (Å²) in [7, 11) is 0. The van der Waals surface area contributed by atoms with E-state index in [-0.39, 0.29) is 29.7 Å². The Hall–Kier alpha value is -3.52. The second-order valence-electron chi connectivity index (χ2n) is 6.23. The molecule has 2 aliphatic heterocycles. The lowest BCUT2D eigenvalue weighted by Crippen LogP contribution is -2.58. The van der Waals surface area contributed by atoms with E-state index in [1.54, 1.807) is 36.4 Å². The first-order valence-electron chi connectivity index (χ1n) is 8.34. The fraction of sp³-hybridized carbons (Fsp3) is 0.158. The number of amides is 4. The molecule has 1 atom stereocenters. The second-order valence-corrected chi connectivity index (χ2v) is 6.23. The normalized spacial score (nSPS) is 19.5. The van der Waals surface area contributed by atoms with Crippen LogP contribution in [0.25, 0.3) is 0 Å². The summed E-state index contributed by atoms with van der Waals surface area (Å²) < 4.78 is 5.77. The number of hydrazine groups is 1. The lowest BCUT2D eigenvalue weighted by molar-refractivity contribution is -0.151. The van der Waals surface area contributed by atoms with Gasteiger partial charge in [0.2, 0.25) is 5.91 Å². The molecule has 1 saturated heterocycles. The van der Waals surface area contributed by atoms with Crippen LogP contribution in [-0.4, -0.2) is 39.6 Å². The van der Waals surface area contributed by atoms with Crippen LogP contribution in [0.15, 0.2) is 48.5 Å². The number of hydrogen-bond acceptors (Lipinski definition) is 6. The predicted octanol–water partition coefficient (Wildman–Crippen LogP) is 1.47. The van der Waals surface area contributed by atoms with E-state index >= 15 is 0 Å². The van der Waals surface area contributed by atoms with Crippen LogP contribution in [0, 0.1) is 0 Å². The van der Waals surface area contributed by atoms with Crippen molar-refractivity contribution in [2.45, 2.75) is 18.9 Å². The molecular weight excluding hydrogens is 350 g/mol. The number of rotatable bonds is 3. The van der Waals surface area contributed by atoms with Crippen LogP contribution in [0.3, 0.4) is 0 Å². The minimum absolute atomic E-state index is 0.0202. The zero-order valence-corrected chi connectivity index (χ0v) is 14.1. The van der Waals surface area contributed by atoms with Crippen molar-refractivity contribution < 1.29 is 23.9 Å². The number of benzene rings is 2. The molecule has 8 heteroatoms. The number of hydrogen-bond donors (Lipinski definition) is 1. The van der Waals surface area contributed by atoms with Gasteiger partial charge in [0, 0.05) is 6.42 Å². The van der Waals surface area contributed by atoms with E-state index in [4.69, 9.17) is 10.6 Å². The number of carbonyl (C=O) groups excluding carboxylic acids is 4. The Labute approximate surface area is 154 Å². The quantitative estimate of drug-likeness (QED) is 0.501. The number of nitrogens with zero attached hydrogens (tertiary/aromatic N) is 2. The summed E-state index contributed by atoms with van der Waals surface area (Å²) in [5, 5.41) is 0.471. The maximum atomic E-state index is 13.0. The molecule has 2 aromatic rings. The SMILES string of the molecule is NN1C(=O)CCC(N2C(=O)c3cccc(Oc4ccccc4)c3C2=O)C1=O. The molecule has 2 N–H and O–H groups in total. The molecule has 0 bridgehead atoms. The van der Waals surface area contributed by atoms with Gasteiger partial charge >= 0.3 is 0 Å². The number of piperidine rings is 1. The Morgan fingerprint density at radius 3 is 2.41 bits per heavy atom. The molecule has 27 heavy (non-hydrogen) atoms. The van der Waals surface area contributed by atoms with Crippen LogP contribution >= 0.6 is 0 Å². The van der Waals surface area contributed by atoms with E-state index in [0.717, 1.165) is 4.90 Å². The average molecular weight is 365 g/mol. The number of imide groups is 2. The number of ether oxygens (including phenoxy) is 1. The lowest BCUT2D eigenvalue weighted by atomic mass is 10.0. The smallest absolute Gasteiger partial charge is 0.266 e. The van der Waals surface area contributed by atoms with Crippen LogP contribution in [-0.2, 0) is 9.59 Å². The highest BCUT2D eigenvalue weighted by Crippen LogP contribution is 2.36. The van der Waals surface area contributed by atoms with Gasteiger partial charge in [-0.05, 0) is 30.7 Å². The van der Waals surface area contributed by atoms with Crippen molar-refractivity contribution in [1.82, 2.24) is 9.91 Å². The molecule has 136 valence electrons. The molecule has 0 spiro atoms. The second kappa shape index (κ2) is 6.33. The molecule has 4 rings (SSSR count). The molecule has 1 unspecified atom stereocenters. The molecule has 0 saturated carbocycles. The first kappa shape index (κ1) is 16.9. The number of para-hydroxylation sites is 1. The monoisotopic (exact) mass is 365 g/mol. The fourth-order valence-electron chi connectivity index (χ4n) is 3.28. The van der Waals surface area contributed by atoms with Crippen molar-refractivity contribution in [3.8, 4) is 11.5 Å². The largest absolute Gasteiger partial charge is 0.457 e. The van der Waals surface area contributed by atoms with E-state index in [9.17, 15) is 19.2 Å². The van der Waals surface area contributed by atoms with Crippen molar-refractivity contribution in [1.29, 1.82) is 0 Å². The molecule has 0 radical (unpaired) electrons. The number of fused-ring (bicyclic) bond motifs is 1. The third-order valence-electron chi connectivity index (χ3n) is 4.61. The summed E-state index contributed by atoms with van der Waals surface area (Å²) in [5.41, 5.74) is 0.251. The van der Waals surface area contributed by atoms with Crippen molar-refractivity contribution in [3.63, 3.8) is 0 Å². The third kappa shape index (κ3) is 2.67. The predicted molar refractivity (Wildman–Crippen MR) is 92.5 cm³/mol. The summed E-state index contributed by atoms with van der Waals surface area (Å²) in [4.78, 5) is 50.6. The fourth-order valence-corrected chi connectivity index (χ4v) is 3.28. The van der Waals surface area contributed by atoms with Crippen LogP contribution in [0.1, 0.15) is 33.6 Å². The molecule has 2 heterocycles. The lowest BCUT2D eigenvalue weighted by Gasteiger charge is -2.31. The summed E-state index contributed by atoms with van der Waals surface area (Å²) in [5.74, 6) is 3.65. The van der Waals surface area contributed by atoms with Gasteiger partial charge in [0.05, 0.1) is 11.1 Å². The zero-order chi connectivity index (χ0) is 19.1. The van der Waals surface area contributed by atoms with Gasteiger partial charge in [0.25, 0.3) is 17.7 Å². The molecular formula is C19H15N3O5. The van der Waals surface area contributed by atoms with Crippen LogP contribution < -0.4 is 10.6 Å². The van der Waals surface area contributed by atoms with E-state index in [0.29, 0.717) is 10.8 Å². The molecule has 2 aromatic carbocycles. The van der Waals surface area contributed by atoms with Crippen LogP contribution in [0.5, 0.6) is 11.5 Å². The summed E-state index contributed by atoms with van der Waals surface area (Å²) in [6.45, 7) is 0. The highest BCUT2D eigenvalue weighted by Gasteiger charge is 2.47. The van der Waals surface area contributed by atoms with Crippen molar-refractivity contribution >= 4 is 23.6 Å². The van der Waals surface area contributed by atoms with Gasteiger partial charge in [0.1, 0.15) is 17.5 Å². The minimum atomic E-state index is -1.11. The first-order chi connectivity index (χ1) is 13.0. The number of nitrogens with two attached hydrogens (primary N) is 1. The Bertz CT molecular complexity index is 973. The van der Waals surface area contributed by atoms with E-state index < -0.39 is 29.7 Å². The van der Waals surface area contributed by atoms with Crippen molar-refractivity contribution in [3.05, 3.63) is 59.7 Å². The zero-order valence-electron chi connectivity index (χ0n) is 14.1. The van der Waals surface area contributed by atoms with Gasteiger partial charge in [0.15, 0.2) is 0 Å². The van der Waals surface area contributed by atoms with Gasteiger partial charge in [-0.15, -0.1) is 0 Å². The van der Waals surface area contributed by atoms with E-state index in [2.05, 4.69) is 0 Å². The molecule has 1 fully saturated rings. The van der Waals surface area contributed by atoms with E-state index in [1.165, 1.54) is 6.07 Å². The Morgan fingerprint density at radius 2 is 1.67 bits per heavy atom. The summed E-state index contributed by atoms with van der Waals surface area (Å²) in [6, 6.07) is 12.4. The first-order valence-corrected chi connectivity index (χ1v) is 8.34. The van der Waals surface area contributed by atoms with Gasteiger partial charge in [-0.3, -0.25) is 24.1 Å². The maximum Gasteiger partial charge on any atom is 0.266 e. The van der Waals surface area contributed by atoms with Crippen LogP contribution in [0.4, 0.5) is 0 Å². The molecule has 8 nitrogen and oxygen atoms in total. The number of carbonyl (C=O) groups is 4. The Kier molecular flexibility index (Phi) is 3.97. The maximum absolute atomic E-state index is 13.0. The van der Waals surface area contributed by atoms with Gasteiger partial charge in [-0.1, -0.05) is 24.3 Å². The van der Waals surface area contributed by atoms with Crippen LogP contribution in [0.2, 0.25) is 0 Å². The molecule has 4 amide bonds. The standard InChI is InChI=1S/C19H15N3O5/c20-22-15(23)10-9-13(18(22)25)21-17(24)12-7-4-8-14(16(12)19(21)26)27-11-5-2-1-3-6-11/h1-8,13H,9-10,20H2. The third-order valence-corrected chi connectivity index (χ3v) is 4.61. The molecule has 0 aliphatic carbocycles. The van der Waals surface area contributed by atoms with E-state index in [1.807, 2.05) is 6.07 Å². The minimum Gasteiger partial charge on any atom is -0.457 e. The van der Waals surface area contributed by atoms with Gasteiger partial charge < -0.3 is 4.74 Å². The van der Waals surface area contributed by atoms with Gasteiger partial charge in [-0.25, -0.2) is 10.9 Å². The van der Waals surface area contributed by atoms with Crippen molar-refractivity contribution in [2.75, 3.05) is 0 Å². The molecule has 2 aliphatic rings. The average Bonchev–Trinajstić information content (AvgIpc) is 2.93. The Balaban J connectivity index is 1.70. The topological polar surface area (TPSA) is 110 Å². The Morgan fingerprint density at radius 1 is 0.926 bits per heavy atom. The summed E-state index contributed by atoms with van der Waals surface area (Å²) >= 11 is 0. The molecule has 0 aromatic heterocycles. The van der Waals surface area contributed by atoms with Gasteiger partial charge in [-0.2, -0.15) is 0 Å². The summed E-state index contributed by atoms with van der Waals surface area (Å²) in [6.07, 6.45) is 0.0272. The highest BCUT2D eigenvalue weighted by molar-refractivity contribution is 6.24.